The van der Waals surface area contributed by atoms with Crippen molar-refractivity contribution in [3.63, 3.8) is 0 Å². The Morgan fingerprint density at radius 2 is 2.08 bits per heavy atom. The van der Waals surface area contributed by atoms with Crippen LogP contribution in [0.25, 0.3) is 0 Å². The lowest BCUT2D eigenvalue weighted by Gasteiger charge is -2.35. The standard InChI is InChI=1S/C20H26N4O2/c25-20-7-4-10-23(20)15-19-14-22(13-18-8-9-21-24(18)19)11-12-26-16-17-5-2-1-3-6-17/h1-3,5-6,8-9,19H,4,7,10-16H2/t19-/m1/s1. The van der Waals surface area contributed by atoms with E-state index in [1.165, 1.54) is 11.3 Å². The Balaban J connectivity index is 1.31. The maximum Gasteiger partial charge on any atom is 0.222 e. The average molecular weight is 354 g/mol. The van der Waals surface area contributed by atoms with Gasteiger partial charge in [0.2, 0.25) is 5.91 Å². The van der Waals surface area contributed by atoms with Crippen molar-refractivity contribution >= 4 is 5.91 Å². The van der Waals surface area contributed by atoms with Gasteiger partial charge in [0.15, 0.2) is 0 Å². The van der Waals surface area contributed by atoms with Crippen LogP contribution in [0.5, 0.6) is 0 Å². The zero-order chi connectivity index (χ0) is 17.8. The van der Waals surface area contributed by atoms with Crippen molar-refractivity contribution in [1.29, 1.82) is 0 Å². The van der Waals surface area contributed by atoms with Crippen LogP contribution in [0.15, 0.2) is 42.6 Å². The molecule has 1 aromatic carbocycles. The minimum absolute atomic E-state index is 0.227. The highest BCUT2D eigenvalue weighted by Gasteiger charge is 2.30. The summed E-state index contributed by atoms with van der Waals surface area (Å²) in [4.78, 5) is 16.4. The molecule has 0 unspecified atom stereocenters. The van der Waals surface area contributed by atoms with E-state index in [0.29, 0.717) is 19.6 Å². The highest BCUT2D eigenvalue weighted by atomic mass is 16.5. The molecule has 0 bridgehead atoms. The number of carbonyl (C=O) groups excluding carboxylic acids is 1. The number of amides is 1. The third kappa shape index (κ3) is 3.97. The predicted molar refractivity (Wildman–Crippen MR) is 98.5 cm³/mol. The van der Waals surface area contributed by atoms with Crippen LogP contribution in [0, 0.1) is 0 Å². The van der Waals surface area contributed by atoms with Gasteiger partial charge in [0.1, 0.15) is 0 Å². The fourth-order valence-corrected chi connectivity index (χ4v) is 3.88. The molecular formula is C20H26N4O2. The van der Waals surface area contributed by atoms with Gasteiger partial charge in [-0.2, -0.15) is 5.10 Å². The highest BCUT2D eigenvalue weighted by molar-refractivity contribution is 5.78. The van der Waals surface area contributed by atoms with E-state index in [1.54, 1.807) is 0 Å². The van der Waals surface area contributed by atoms with Crippen molar-refractivity contribution in [3.8, 4) is 0 Å². The molecular weight excluding hydrogens is 328 g/mol. The maximum absolute atomic E-state index is 12.0. The molecule has 6 nitrogen and oxygen atoms in total. The molecule has 6 heteroatoms. The number of fused-ring (bicyclic) bond motifs is 1. The Labute approximate surface area is 154 Å². The van der Waals surface area contributed by atoms with E-state index >= 15 is 0 Å². The molecule has 0 spiro atoms. The first-order valence-electron chi connectivity index (χ1n) is 9.44. The predicted octanol–water partition coefficient (Wildman–Crippen LogP) is 2.08. The summed E-state index contributed by atoms with van der Waals surface area (Å²) >= 11 is 0. The lowest BCUT2D eigenvalue weighted by Crippen LogP contribution is -2.44. The summed E-state index contributed by atoms with van der Waals surface area (Å²) in [6.45, 7) is 5.69. The van der Waals surface area contributed by atoms with E-state index in [1.807, 2.05) is 29.3 Å². The van der Waals surface area contributed by atoms with Gasteiger partial charge in [0.25, 0.3) is 0 Å². The summed E-state index contributed by atoms with van der Waals surface area (Å²) in [7, 11) is 0. The van der Waals surface area contributed by atoms with Crippen LogP contribution in [0.4, 0.5) is 0 Å². The highest BCUT2D eigenvalue weighted by Crippen LogP contribution is 2.23. The number of likely N-dealkylation sites (tertiary alicyclic amines) is 1. The van der Waals surface area contributed by atoms with E-state index < -0.39 is 0 Å². The van der Waals surface area contributed by atoms with Crippen molar-refractivity contribution in [3.05, 3.63) is 53.9 Å². The molecule has 1 aromatic heterocycles. The molecule has 0 saturated carbocycles. The summed E-state index contributed by atoms with van der Waals surface area (Å²) < 4.78 is 7.95. The number of aromatic nitrogens is 2. The molecule has 2 aromatic rings. The zero-order valence-electron chi connectivity index (χ0n) is 15.1. The van der Waals surface area contributed by atoms with Crippen LogP contribution >= 0.6 is 0 Å². The first kappa shape index (κ1) is 17.2. The lowest BCUT2D eigenvalue weighted by molar-refractivity contribution is -0.128. The monoisotopic (exact) mass is 354 g/mol. The molecule has 138 valence electrons. The second-order valence-electron chi connectivity index (χ2n) is 7.14. The molecule has 2 aliphatic rings. The Morgan fingerprint density at radius 1 is 1.19 bits per heavy atom. The van der Waals surface area contributed by atoms with Crippen molar-refractivity contribution in [2.75, 3.05) is 32.8 Å². The van der Waals surface area contributed by atoms with Gasteiger partial charge in [0, 0.05) is 45.3 Å². The van der Waals surface area contributed by atoms with Crippen LogP contribution in [-0.4, -0.2) is 58.3 Å². The maximum atomic E-state index is 12.0. The van der Waals surface area contributed by atoms with Crippen LogP contribution in [0.3, 0.4) is 0 Å². The second-order valence-corrected chi connectivity index (χ2v) is 7.14. The molecule has 0 aliphatic carbocycles. The normalized spacial score (nSPS) is 20.5. The fourth-order valence-electron chi connectivity index (χ4n) is 3.88. The van der Waals surface area contributed by atoms with E-state index in [0.717, 1.165) is 39.1 Å². The molecule has 2 aliphatic heterocycles. The van der Waals surface area contributed by atoms with Gasteiger partial charge in [-0.05, 0) is 18.1 Å². The molecule has 0 radical (unpaired) electrons. The quantitative estimate of drug-likeness (QED) is 0.715. The lowest BCUT2D eigenvalue weighted by atomic mass is 10.1. The number of ether oxygens (including phenoxy) is 1. The Hall–Kier alpha value is -2.18. The molecule has 26 heavy (non-hydrogen) atoms. The topological polar surface area (TPSA) is 50.6 Å². The van der Waals surface area contributed by atoms with E-state index in [9.17, 15) is 4.79 Å². The number of rotatable bonds is 7. The second kappa shape index (κ2) is 8.01. The average Bonchev–Trinajstić information content (AvgIpc) is 3.29. The van der Waals surface area contributed by atoms with Crippen LogP contribution in [0.1, 0.15) is 30.1 Å². The number of carbonyl (C=O) groups is 1. The fraction of sp³-hybridized carbons (Fsp3) is 0.500. The molecule has 1 atom stereocenters. The largest absolute Gasteiger partial charge is 0.375 e. The van der Waals surface area contributed by atoms with Crippen molar-refractivity contribution in [2.45, 2.75) is 32.0 Å². The minimum Gasteiger partial charge on any atom is -0.375 e. The number of hydrogen-bond donors (Lipinski definition) is 0. The Morgan fingerprint density at radius 3 is 2.88 bits per heavy atom. The number of hydrogen-bond acceptors (Lipinski definition) is 4. The van der Waals surface area contributed by atoms with Crippen molar-refractivity contribution in [2.24, 2.45) is 0 Å². The number of benzene rings is 1. The summed E-state index contributed by atoms with van der Waals surface area (Å²) in [5.41, 5.74) is 2.42. The molecule has 1 saturated heterocycles. The van der Waals surface area contributed by atoms with Crippen molar-refractivity contribution < 1.29 is 9.53 Å². The first-order valence-corrected chi connectivity index (χ1v) is 9.44. The summed E-state index contributed by atoms with van der Waals surface area (Å²) in [5.74, 6) is 0.280. The Kier molecular flexibility index (Phi) is 5.32. The van der Waals surface area contributed by atoms with Crippen LogP contribution in [0.2, 0.25) is 0 Å². The number of nitrogens with zero attached hydrogens (tertiary/aromatic N) is 4. The van der Waals surface area contributed by atoms with Crippen molar-refractivity contribution in [1.82, 2.24) is 19.6 Å². The third-order valence-corrected chi connectivity index (χ3v) is 5.22. The molecule has 1 fully saturated rings. The van der Waals surface area contributed by atoms with Gasteiger partial charge < -0.3 is 9.64 Å². The van der Waals surface area contributed by atoms with Gasteiger partial charge in [0.05, 0.1) is 24.9 Å². The first-order chi connectivity index (χ1) is 12.8. The summed E-state index contributed by atoms with van der Waals surface area (Å²) in [6.07, 6.45) is 3.54. The zero-order valence-corrected chi connectivity index (χ0v) is 15.1. The van der Waals surface area contributed by atoms with Gasteiger partial charge >= 0.3 is 0 Å². The van der Waals surface area contributed by atoms with Gasteiger partial charge in [-0.25, -0.2) is 0 Å². The molecule has 0 N–H and O–H groups in total. The molecule has 3 heterocycles. The van der Waals surface area contributed by atoms with E-state index in [2.05, 4.69) is 32.9 Å². The van der Waals surface area contributed by atoms with Gasteiger partial charge in [-0.3, -0.25) is 14.4 Å². The van der Waals surface area contributed by atoms with Crippen LogP contribution < -0.4 is 0 Å². The summed E-state index contributed by atoms with van der Waals surface area (Å²) in [6, 6.07) is 12.6. The van der Waals surface area contributed by atoms with Gasteiger partial charge in [-0.1, -0.05) is 30.3 Å². The van der Waals surface area contributed by atoms with Crippen LogP contribution in [-0.2, 0) is 22.7 Å². The molecule has 1 amide bonds. The Bertz CT molecular complexity index is 730. The SMILES string of the molecule is O=C1CCCN1C[C@H]1CN(CCOCc2ccccc2)Cc2ccnn21. The van der Waals surface area contributed by atoms with Gasteiger partial charge in [-0.15, -0.1) is 0 Å². The smallest absolute Gasteiger partial charge is 0.222 e. The van der Waals surface area contributed by atoms with E-state index in [-0.39, 0.29) is 11.9 Å². The summed E-state index contributed by atoms with van der Waals surface area (Å²) in [5, 5.41) is 4.50. The van der Waals surface area contributed by atoms with E-state index in [4.69, 9.17) is 4.74 Å². The molecule has 4 rings (SSSR count). The third-order valence-electron chi connectivity index (χ3n) is 5.22. The minimum atomic E-state index is 0.227.